The van der Waals surface area contributed by atoms with Crippen molar-refractivity contribution in [2.45, 2.75) is 33.2 Å². The van der Waals surface area contributed by atoms with Gasteiger partial charge in [0.1, 0.15) is 0 Å². The molecule has 0 aromatic heterocycles. The summed E-state index contributed by atoms with van der Waals surface area (Å²) in [5, 5.41) is 8.87. The molecule has 1 rings (SSSR count). The standard InChI is InChI=1S/C11H21NO2S/c1-4-12(7-10(13)14)9-8-15-6-5-11(9,2)3/h9H,4-8H2,1-3H3,(H,13,14). The van der Waals surface area contributed by atoms with Gasteiger partial charge in [0, 0.05) is 11.8 Å². The van der Waals surface area contributed by atoms with E-state index in [9.17, 15) is 4.79 Å². The Balaban J connectivity index is 2.68. The maximum atomic E-state index is 10.8. The van der Waals surface area contributed by atoms with E-state index in [0.717, 1.165) is 12.3 Å². The second-order valence-corrected chi connectivity index (χ2v) is 5.94. The normalized spacial score (nSPS) is 25.5. The van der Waals surface area contributed by atoms with Crippen molar-refractivity contribution in [3.63, 3.8) is 0 Å². The minimum Gasteiger partial charge on any atom is -0.480 e. The molecule has 0 aromatic carbocycles. The van der Waals surface area contributed by atoms with Gasteiger partial charge in [0.25, 0.3) is 0 Å². The first-order valence-electron chi connectivity index (χ1n) is 5.51. The third kappa shape index (κ3) is 3.38. The van der Waals surface area contributed by atoms with Crippen molar-refractivity contribution >= 4 is 17.7 Å². The number of hydrogen-bond acceptors (Lipinski definition) is 3. The van der Waals surface area contributed by atoms with Gasteiger partial charge in [0.2, 0.25) is 0 Å². The molecule has 1 aliphatic rings. The van der Waals surface area contributed by atoms with E-state index < -0.39 is 5.97 Å². The highest BCUT2D eigenvalue weighted by atomic mass is 32.2. The van der Waals surface area contributed by atoms with Gasteiger partial charge in [-0.2, -0.15) is 11.8 Å². The van der Waals surface area contributed by atoms with Crippen molar-refractivity contribution < 1.29 is 9.90 Å². The van der Waals surface area contributed by atoms with Crippen LogP contribution in [-0.4, -0.2) is 46.6 Å². The van der Waals surface area contributed by atoms with E-state index >= 15 is 0 Å². The van der Waals surface area contributed by atoms with Gasteiger partial charge in [-0.1, -0.05) is 20.8 Å². The Kier molecular flexibility index (Phi) is 4.46. The Labute approximate surface area is 96.2 Å². The van der Waals surface area contributed by atoms with E-state index in [1.54, 1.807) is 0 Å². The van der Waals surface area contributed by atoms with Gasteiger partial charge in [0.15, 0.2) is 0 Å². The van der Waals surface area contributed by atoms with Crippen LogP contribution in [0.25, 0.3) is 0 Å². The molecule has 1 unspecified atom stereocenters. The fourth-order valence-corrected chi connectivity index (χ4v) is 3.86. The van der Waals surface area contributed by atoms with Crippen LogP contribution in [0, 0.1) is 5.41 Å². The van der Waals surface area contributed by atoms with Gasteiger partial charge in [0.05, 0.1) is 6.54 Å². The van der Waals surface area contributed by atoms with Crippen LogP contribution in [0.4, 0.5) is 0 Å². The van der Waals surface area contributed by atoms with Crippen molar-refractivity contribution in [2.75, 3.05) is 24.6 Å². The minimum absolute atomic E-state index is 0.172. The molecule has 1 fully saturated rings. The summed E-state index contributed by atoms with van der Waals surface area (Å²) in [7, 11) is 0. The predicted octanol–water partition coefficient (Wildman–Crippen LogP) is 1.92. The highest BCUT2D eigenvalue weighted by molar-refractivity contribution is 7.99. The van der Waals surface area contributed by atoms with Crippen molar-refractivity contribution in [3.05, 3.63) is 0 Å². The van der Waals surface area contributed by atoms with Crippen molar-refractivity contribution in [1.82, 2.24) is 4.90 Å². The number of aliphatic carboxylic acids is 1. The van der Waals surface area contributed by atoms with E-state index in [2.05, 4.69) is 18.7 Å². The van der Waals surface area contributed by atoms with E-state index in [4.69, 9.17) is 5.11 Å². The molecule has 88 valence electrons. The number of carboxylic acid groups (broad SMARTS) is 1. The van der Waals surface area contributed by atoms with Gasteiger partial charge in [-0.3, -0.25) is 9.69 Å². The lowest BCUT2D eigenvalue weighted by Gasteiger charge is -2.44. The number of nitrogens with zero attached hydrogens (tertiary/aromatic N) is 1. The fraction of sp³-hybridized carbons (Fsp3) is 0.909. The minimum atomic E-state index is -0.719. The Hall–Kier alpha value is -0.220. The highest BCUT2D eigenvalue weighted by Gasteiger charge is 2.36. The molecule has 0 radical (unpaired) electrons. The van der Waals surface area contributed by atoms with Crippen molar-refractivity contribution in [3.8, 4) is 0 Å². The van der Waals surface area contributed by atoms with Crippen LogP contribution in [-0.2, 0) is 4.79 Å². The Morgan fingerprint density at radius 1 is 1.60 bits per heavy atom. The number of likely N-dealkylation sites (N-methyl/N-ethyl adjacent to an activating group) is 1. The number of rotatable bonds is 4. The van der Waals surface area contributed by atoms with Crippen molar-refractivity contribution in [2.24, 2.45) is 5.41 Å². The molecule has 1 atom stereocenters. The summed E-state index contributed by atoms with van der Waals surface area (Å²) in [5.74, 6) is 1.55. The summed E-state index contributed by atoms with van der Waals surface area (Å²) in [6.45, 7) is 7.54. The summed E-state index contributed by atoms with van der Waals surface area (Å²) < 4.78 is 0. The lowest BCUT2D eigenvalue weighted by molar-refractivity contribution is -0.139. The quantitative estimate of drug-likeness (QED) is 0.802. The van der Waals surface area contributed by atoms with Crippen LogP contribution in [0.15, 0.2) is 0 Å². The molecule has 0 saturated carbocycles. The zero-order valence-electron chi connectivity index (χ0n) is 9.82. The van der Waals surface area contributed by atoms with Crippen molar-refractivity contribution in [1.29, 1.82) is 0 Å². The van der Waals surface area contributed by atoms with Gasteiger partial charge >= 0.3 is 5.97 Å². The first-order chi connectivity index (χ1) is 6.97. The van der Waals surface area contributed by atoms with Crippen LogP contribution in [0.2, 0.25) is 0 Å². The third-order valence-corrected chi connectivity index (χ3v) is 4.30. The SMILES string of the molecule is CCN(CC(=O)O)C1CSCCC1(C)C. The summed E-state index contributed by atoms with van der Waals surface area (Å²) in [5.41, 5.74) is 0.247. The zero-order chi connectivity index (χ0) is 11.5. The second-order valence-electron chi connectivity index (χ2n) is 4.79. The van der Waals surface area contributed by atoms with Gasteiger partial charge in [-0.15, -0.1) is 0 Å². The topological polar surface area (TPSA) is 40.5 Å². The van der Waals surface area contributed by atoms with Gasteiger partial charge in [-0.05, 0) is 24.1 Å². The Morgan fingerprint density at radius 3 is 2.73 bits per heavy atom. The zero-order valence-corrected chi connectivity index (χ0v) is 10.6. The first-order valence-corrected chi connectivity index (χ1v) is 6.66. The molecule has 1 aliphatic heterocycles. The Bertz CT molecular complexity index is 231. The summed E-state index contributed by atoms with van der Waals surface area (Å²) in [6.07, 6.45) is 1.18. The second kappa shape index (κ2) is 5.21. The largest absolute Gasteiger partial charge is 0.480 e. The molecule has 0 spiro atoms. The van der Waals surface area contributed by atoms with E-state index in [0.29, 0.717) is 6.04 Å². The third-order valence-electron chi connectivity index (χ3n) is 3.25. The molecule has 0 bridgehead atoms. The summed E-state index contributed by atoms with van der Waals surface area (Å²) in [4.78, 5) is 12.9. The molecule has 0 amide bonds. The first kappa shape index (κ1) is 12.8. The molecule has 1 N–H and O–H groups in total. The van der Waals surface area contributed by atoms with Gasteiger partial charge < -0.3 is 5.11 Å². The van der Waals surface area contributed by atoms with E-state index in [1.165, 1.54) is 12.2 Å². The summed E-state index contributed by atoms with van der Waals surface area (Å²) >= 11 is 1.94. The van der Waals surface area contributed by atoms with Crippen LogP contribution >= 0.6 is 11.8 Å². The molecular formula is C11H21NO2S. The van der Waals surface area contributed by atoms with Crippen LogP contribution < -0.4 is 0 Å². The maximum absolute atomic E-state index is 10.8. The average molecular weight is 231 g/mol. The smallest absolute Gasteiger partial charge is 0.317 e. The van der Waals surface area contributed by atoms with E-state index in [-0.39, 0.29) is 12.0 Å². The van der Waals surface area contributed by atoms with Crippen LogP contribution in [0.3, 0.4) is 0 Å². The number of carboxylic acids is 1. The molecule has 3 nitrogen and oxygen atoms in total. The lowest BCUT2D eigenvalue weighted by atomic mass is 9.81. The number of hydrogen-bond donors (Lipinski definition) is 1. The fourth-order valence-electron chi connectivity index (χ4n) is 2.14. The monoisotopic (exact) mass is 231 g/mol. The summed E-state index contributed by atoms with van der Waals surface area (Å²) in [6, 6.07) is 0.400. The average Bonchev–Trinajstić information content (AvgIpc) is 2.14. The predicted molar refractivity (Wildman–Crippen MR) is 64.4 cm³/mol. The molecule has 15 heavy (non-hydrogen) atoms. The lowest BCUT2D eigenvalue weighted by Crippen LogP contribution is -2.50. The molecule has 1 heterocycles. The number of carbonyl (C=O) groups is 1. The van der Waals surface area contributed by atoms with Gasteiger partial charge in [-0.25, -0.2) is 0 Å². The molecule has 0 aliphatic carbocycles. The molecule has 1 saturated heterocycles. The number of thioether (sulfide) groups is 1. The Morgan fingerprint density at radius 2 is 2.27 bits per heavy atom. The molecular weight excluding hydrogens is 210 g/mol. The molecule has 0 aromatic rings. The van der Waals surface area contributed by atoms with E-state index in [1.807, 2.05) is 18.7 Å². The highest BCUT2D eigenvalue weighted by Crippen LogP contribution is 2.37. The molecule has 4 heteroatoms. The maximum Gasteiger partial charge on any atom is 0.317 e. The van der Waals surface area contributed by atoms with Crippen LogP contribution in [0.1, 0.15) is 27.2 Å². The van der Waals surface area contributed by atoms with Crippen LogP contribution in [0.5, 0.6) is 0 Å².